The molecule has 0 bridgehead atoms. The summed E-state index contributed by atoms with van der Waals surface area (Å²) in [4.78, 5) is 11.9. The molecule has 0 aromatic rings. The quantitative estimate of drug-likeness (QED) is 0.789. The zero-order chi connectivity index (χ0) is 12.8. The van der Waals surface area contributed by atoms with Gasteiger partial charge in [0, 0.05) is 18.5 Å². The van der Waals surface area contributed by atoms with Crippen LogP contribution in [0.4, 0.5) is 0 Å². The second kappa shape index (κ2) is 7.13. The molecule has 0 radical (unpaired) electrons. The molecule has 0 heterocycles. The molecule has 18 heavy (non-hydrogen) atoms. The van der Waals surface area contributed by atoms with Crippen molar-refractivity contribution in [3.05, 3.63) is 0 Å². The lowest BCUT2D eigenvalue weighted by Crippen LogP contribution is -2.42. The van der Waals surface area contributed by atoms with E-state index in [-0.39, 0.29) is 0 Å². The van der Waals surface area contributed by atoms with E-state index in [9.17, 15) is 4.79 Å². The SMILES string of the molecule is CCNC1CCC(NC(=O)CC2CCCC2)CC1. The average molecular weight is 252 g/mol. The summed E-state index contributed by atoms with van der Waals surface area (Å²) >= 11 is 0. The highest BCUT2D eigenvalue weighted by Crippen LogP contribution is 2.27. The van der Waals surface area contributed by atoms with Crippen LogP contribution in [0.3, 0.4) is 0 Å². The van der Waals surface area contributed by atoms with Crippen LogP contribution in [0.1, 0.15) is 64.7 Å². The number of hydrogen-bond donors (Lipinski definition) is 2. The number of nitrogens with one attached hydrogen (secondary N) is 2. The summed E-state index contributed by atoms with van der Waals surface area (Å²) in [6, 6.07) is 1.12. The van der Waals surface area contributed by atoms with Gasteiger partial charge in [-0.3, -0.25) is 4.79 Å². The van der Waals surface area contributed by atoms with E-state index in [2.05, 4.69) is 17.6 Å². The van der Waals surface area contributed by atoms with Crippen molar-refractivity contribution in [3.8, 4) is 0 Å². The highest BCUT2D eigenvalue weighted by molar-refractivity contribution is 5.76. The minimum atomic E-state index is 0.300. The molecule has 0 saturated heterocycles. The van der Waals surface area contributed by atoms with Gasteiger partial charge in [-0.25, -0.2) is 0 Å². The molecule has 2 rings (SSSR count). The Morgan fingerprint density at radius 3 is 2.22 bits per heavy atom. The van der Waals surface area contributed by atoms with E-state index in [0.717, 1.165) is 25.8 Å². The van der Waals surface area contributed by atoms with Crippen molar-refractivity contribution in [2.24, 2.45) is 5.92 Å². The van der Waals surface area contributed by atoms with E-state index < -0.39 is 0 Å². The van der Waals surface area contributed by atoms with E-state index in [1.165, 1.54) is 38.5 Å². The Bertz CT molecular complexity index is 253. The van der Waals surface area contributed by atoms with Gasteiger partial charge < -0.3 is 10.6 Å². The van der Waals surface area contributed by atoms with Crippen LogP contribution >= 0.6 is 0 Å². The molecule has 0 aromatic heterocycles. The van der Waals surface area contributed by atoms with Gasteiger partial charge in [-0.05, 0) is 51.0 Å². The third kappa shape index (κ3) is 4.27. The maximum absolute atomic E-state index is 11.9. The van der Waals surface area contributed by atoms with Crippen LogP contribution in [0.25, 0.3) is 0 Å². The molecular formula is C15H28N2O. The van der Waals surface area contributed by atoms with Gasteiger partial charge in [0.1, 0.15) is 0 Å². The Labute approximate surface area is 111 Å². The predicted molar refractivity (Wildman–Crippen MR) is 74.4 cm³/mol. The summed E-state index contributed by atoms with van der Waals surface area (Å²) < 4.78 is 0. The molecule has 0 aliphatic heterocycles. The predicted octanol–water partition coefficient (Wildman–Crippen LogP) is 2.60. The fourth-order valence-corrected chi connectivity index (χ4v) is 3.49. The van der Waals surface area contributed by atoms with Gasteiger partial charge in [0.2, 0.25) is 5.91 Å². The first-order valence-electron chi connectivity index (χ1n) is 7.80. The number of carbonyl (C=O) groups excluding carboxylic acids is 1. The maximum Gasteiger partial charge on any atom is 0.220 e. The summed E-state index contributed by atoms with van der Waals surface area (Å²) in [7, 11) is 0. The van der Waals surface area contributed by atoms with Crippen molar-refractivity contribution in [1.82, 2.24) is 10.6 Å². The largest absolute Gasteiger partial charge is 0.353 e. The van der Waals surface area contributed by atoms with Crippen LogP contribution in [-0.4, -0.2) is 24.5 Å². The Morgan fingerprint density at radius 2 is 1.61 bits per heavy atom. The second-order valence-electron chi connectivity index (χ2n) is 6.03. The van der Waals surface area contributed by atoms with Gasteiger partial charge in [-0.2, -0.15) is 0 Å². The van der Waals surface area contributed by atoms with Gasteiger partial charge >= 0.3 is 0 Å². The van der Waals surface area contributed by atoms with Gasteiger partial charge in [0.05, 0.1) is 0 Å². The fraction of sp³-hybridized carbons (Fsp3) is 0.933. The van der Waals surface area contributed by atoms with Crippen LogP contribution in [0.15, 0.2) is 0 Å². The molecule has 0 unspecified atom stereocenters. The van der Waals surface area contributed by atoms with E-state index in [1.807, 2.05) is 0 Å². The lowest BCUT2D eigenvalue weighted by molar-refractivity contribution is -0.122. The monoisotopic (exact) mass is 252 g/mol. The first-order chi connectivity index (χ1) is 8.78. The average Bonchev–Trinajstić information content (AvgIpc) is 2.84. The van der Waals surface area contributed by atoms with Gasteiger partial charge in [-0.1, -0.05) is 19.8 Å². The minimum Gasteiger partial charge on any atom is -0.353 e. The van der Waals surface area contributed by atoms with Crippen molar-refractivity contribution >= 4 is 5.91 Å². The topological polar surface area (TPSA) is 41.1 Å². The summed E-state index contributed by atoms with van der Waals surface area (Å²) in [6.45, 7) is 3.22. The summed E-state index contributed by atoms with van der Waals surface area (Å²) in [5.74, 6) is 0.969. The lowest BCUT2D eigenvalue weighted by atomic mass is 9.91. The highest BCUT2D eigenvalue weighted by atomic mass is 16.1. The summed E-state index contributed by atoms with van der Waals surface area (Å²) in [5, 5.41) is 6.75. The van der Waals surface area contributed by atoms with E-state index in [1.54, 1.807) is 0 Å². The van der Waals surface area contributed by atoms with Crippen molar-refractivity contribution in [1.29, 1.82) is 0 Å². The van der Waals surface area contributed by atoms with Gasteiger partial charge in [-0.15, -0.1) is 0 Å². The fourth-order valence-electron chi connectivity index (χ4n) is 3.49. The zero-order valence-electron chi connectivity index (χ0n) is 11.7. The summed E-state index contributed by atoms with van der Waals surface area (Å²) in [5.41, 5.74) is 0. The first-order valence-corrected chi connectivity index (χ1v) is 7.80. The van der Waals surface area contributed by atoms with E-state index in [4.69, 9.17) is 0 Å². The zero-order valence-corrected chi connectivity index (χ0v) is 11.7. The van der Waals surface area contributed by atoms with Crippen LogP contribution in [0.2, 0.25) is 0 Å². The normalized spacial score (nSPS) is 29.4. The smallest absolute Gasteiger partial charge is 0.220 e. The Morgan fingerprint density at radius 1 is 1.00 bits per heavy atom. The lowest BCUT2D eigenvalue weighted by Gasteiger charge is -2.29. The first kappa shape index (κ1) is 13.9. The number of rotatable bonds is 5. The van der Waals surface area contributed by atoms with E-state index in [0.29, 0.717) is 23.9 Å². The van der Waals surface area contributed by atoms with Crippen LogP contribution in [0, 0.1) is 5.92 Å². The van der Waals surface area contributed by atoms with Gasteiger partial charge in [0.25, 0.3) is 0 Å². The standard InChI is InChI=1S/C15H28N2O/c1-2-16-13-7-9-14(10-8-13)17-15(18)11-12-5-3-4-6-12/h12-14,16H,2-11H2,1H3,(H,17,18). The van der Waals surface area contributed by atoms with Gasteiger partial charge in [0.15, 0.2) is 0 Å². The third-order valence-corrected chi connectivity index (χ3v) is 4.53. The Hall–Kier alpha value is -0.570. The van der Waals surface area contributed by atoms with Crippen molar-refractivity contribution in [2.75, 3.05) is 6.54 Å². The van der Waals surface area contributed by atoms with Crippen molar-refractivity contribution in [2.45, 2.75) is 76.8 Å². The molecule has 2 saturated carbocycles. The summed E-state index contributed by atoms with van der Waals surface area (Å²) in [6.07, 6.45) is 10.7. The molecular weight excluding hydrogens is 224 g/mol. The highest BCUT2D eigenvalue weighted by Gasteiger charge is 2.23. The molecule has 2 fully saturated rings. The van der Waals surface area contributed by atoms with Crippen LogP contribution < -0.4 is 10.6 Å². The molecule has 3 heteroatoms. The molecule has 0 atom stereocenters. The molecule has 104 valence electrons. The molecule has 1 amide bonds. The third-order valence-electron chi connectivity index (χ3n) is 4.53. The number of amides is 1. The van der Waals surface area contributed by atoms with Crippen LogP contribution in [0.5, 0.6) is 0 Å². The molecule has 0 spiro atoms. The van der Waals surface area contributed by atoms with Crippen molar-refractivity contribution in [3.63, 3.8) is 0 Å². The Balaban J connectivity index is 1.63. The molecule has 2 aliphatic carbocycles. The maximum atomic E-state index is 11.9. The number of carbonyl (C=O) groups is 1. The molecule has 2 aliphatic rings. The number of hydrogen-bond acceptors (Lipinski definition) is 2. The molecule has 2 N–H and O–H groups in total. The molecule has 0 aromatic carbocycles. The minimum absolute atomic E-state index is 0.300. The van der Waals surface area contributed by atoms with E-state index >= 15 is 0 Å². The second-order valence-corrected chi connectivity index (χ2v) is 6.03. The molecule has 3 nitrogen and oxygen atoms in total. The van der Waals surface area contributed by atoms with Crippen LogP contribution in [-0.2, 0) is 4.79 Å². The Kier molecular flexibility index (Phi) is 5.48. The van der Waals surface area contributed by atoms with Crippen molar-refractivity contribution < 1.29 is 4.79 Å².